The van der Waals surface area contributed by atoms with E-state index in [0.717, 1.165) is 0 Å². The van der Waals surface area contributed by atoms with E-state index in [1.165, 1.54) is 27.2 Å². The zero-order valence-electron chi connectivity index (χ0n) is 19.3. The molecule has 0 fully saturated rings. The highest BCUT2D eigenvalue weighted by molar-refractivity contribution is 5.81. The number of hydrogen-bond donors (Lipinski definition) is 2. The standard InChI is InChI=1S/C26H32N2O5/c1-3-28(16-25(30)31)24(29)13-12-18(2)14-15-27-26(32)33-17-23-21-10-6-4-8-19(21)20-9-5-7-11-22(20)23/h4-11,18,23H,3,12-17H2,1-2H3,(H,27,32)(H,30,31). The molecule has 1 aliphatic rings. The topological polar surface area (TPSA) is 95.9 Å². The van der Waals surface area contributed by atoms with Crippen molar-refractivity contribution in [3.63, 3.8) is 0 Å². The maximum Gasteiger partial charge on any atom is 0.407 e. The predicted octanol–water partition coefficient (Wildman–Crippen LogP) is 4.26. The van der Waals surface area contributed by atoms with E-state index >= 15 is 0 Å². The SMILES string of the molecule is CCN(CC(=O)O)C(=O)CCC(C)CCNC(=O)OCC1c2ccccc2-c2ccccc21. The number of carbonyl (C=O) groups excluding carboxylic acids is 2. The number of nitrogens with one attached hydrogen (secondary N) is 1. The fraction of sp³-hybridized carbons (Fsp3) is 0.423. The largest absolute Gasteiger partial charge is 0.480 e. The van der Waals surface area contributed by atoms with Crippen LogP contribution >= 0.6 is 0 Å². The Labute approximate surface area is 194 Å². The highest BCUT2D eigenvalue weighted by atomic mass is 16.5. The molecular formula is C26H32N2O5. The van der Waals surface area contributed by atoms with Gasteiger partial charge in [0.1, 0.15) is 13.2 Å². The number of nitrogens with zero attached hydrogens (tertiary/aromatic N) is 1. The number of carboxylic acids is 1. The van der Waals surface area contributed by atoms with E-state index in [2.05, 4.69) is 29.6 Å². The molecule has 0 bridgehead atoms. The van der Waals surface area contributed by atoms with Gasteiger partial charge in [0, 0.05) is 25.4 Å². The van der Waals surface area contributed by atoms with Crippen molar-refractivity contribution in [3.8, 4) is 11.1 Å². The lowest BCUT2D eigenvalue weighted by Gasteiger charge is -2.19. The number of rotatable bonds is 11. The van der Waals surface area contributed by atoms with Crippen molar-refractivity contribution in [2.24, 2.45) is 5.92 Å². The van der Waals surface area contributed by atoms with Gasteiger partial charge >= 0.3 is 12.1 Å². The molecule has 33 heavy (non-hydrogen) atoms. The van der Waals surface area contributed by atoms with Crippen LogP contribution in [0.2, 0.25) is 0 Å². The molecule has 0 saturated heterocycles. The van der Waals surface area contributed by atoms with E-state index in [9.17, 15) is 14.4 Å². The van der Waals surface area contributed by atoms with Crippen molar-refractivity contribution < 1.29 is 24.2 Å². The zero-order valence-corrected chi connectivity index (χ0v) is 19.3. The van der Waals surface area contributed by atoms with Gasteiger partial charge in [0.25, 0.3) is 0 Å². The van der Waals surface area contributed by atoms with Crippen molar-refractivity contribution in [3.05, 3.63) is 59.7 Å². The first-order chi connectivity index (χ1) is 15.9. The van der Waals surface area contributed by atoms with Gasteiger partial charge < -0.3 is 20.1 Å². The summed E-state index contributed by atoms with van der Waals surface area (Å²) in [4.78, 5) is 36.6. The number of benzene rings is 2. The average molecular weight is 453 g/mol. The number of aliphatic carboxylic acids is 1. The summed E-state index contributed by atoms with van der Waals surface area (Å²) in [6.07, 6.45) is 1.20. The van der Waals surface area contributed by atoms with E-state index in [4.69, 9.17) is 9.84 Å². The normalized spacial score (nSPS) is 13.0. The molecule has 2 aromatic carbocycles. The second kappa shape index (κ2) is 11.5. The molecule has 0 aliphatic heterocycles. The summed E-state index contributed by atoms with van der Waals surface area (Å²) in [5.74, 6) is -0.923. The summed E-state index contributed by atoms with van der Waals surface area (Å²) in [7, 11) is 0. The van der Waals surface area contributed by atoms with Gasteiger partial charge in [0.15, 0.2) is 0 Å². The first-order valence-corrected chi connectivity index (χ1v) is 11.5. The lowest BCUT2D eigenvalue weighted by atomic mass is 9.98. The van der Waals surface area contributed by atoms with Crippen LogP contribution in [0.5, 0.6) is 0 Å². The Morgan fingerprint density at radius 2 is 1.64 bits per heavy atom. The Morgan fingerprint density at radius 3 is 2.21 bits per heavy atom. The van der Waals surface area contributed by atoms with Crippen molar-refractivity contribution in [1.29, 1.82) is 0 Å². The second-order valence-corrected chi connectivity index (χ2v) is 8.49. The van der Waals surface area contributed by atoms with Crippen LogP contribution in [0, 0.1) is 5.92 Å². The van der Waals surface area contributed by atoms with Crippen LogP contribution in [0.1, 0.15) is 50.2 Å². The summed E-state index contributed by atoms with van der Waals surface area (Å²) in [5, 5.41) is 11.7. The molecule has 1 aliphatic carbocycles. The predicted molar refractivity (Wildman–Crippen MR) is 126 cm³/mol. The lowest BCUT2D eigenvalue weighted by Crippen LogP contribution is -2.35. The summed E-state index contributed by atoms with van der Waals surface area (Å²) in [6, 6.07) is 16.4. The van der Waals surface area contributed by atoms with Crippen LogP contribution in [0.3, 0.4) is 0 Å². The molecule has 0 heterocycles. The van der Waals surface area contributed by atoms with E-state index < -0.39 is 12.1 Å². The van der Waals surface area contributed by atoms with Crippen LogP contribution in [0.15, 0.2) is 48.5 Å². The monoisotopic (exact) mass is 452 g/mol. The van der Waals surface area contributed by atoms with E-state index in [1.54, 1.807) is 6.92 Å². The third-order valence-electron chi connectivity index (χ3n) is 6.16. The minimum Gasteiger partial charge on any atom is -0.480 e. The van der Waals surface area contributed by atoms with E-state index in [0.29, 0.717) is 32.4 Å². The van der Waals surface area contributed by atoms with Gasteiger partial charge in [-0.1, -0.05) is 55.5 Å². The molecule has 0 spiro atoms. The lowest BCUT2D eigenvalue weighted by molar-refractivity contribution is -0.144. The van der Waals surface area contributed by atoms with Crippen LogP contribution in [-0.4, -0.2) is 54.2 Å². The number of ether oxygens (including phenoxy) is 1. The minimum atomic E-state index is -1.01. The molecular weight excluding hydrogens is 420 g/mol. The highest BCUT2D eigenvalue weighted by Crippen LogP contribution is 2.44. The van der Waals surface area contributed by atoms with E-state index in [1.807, 2.05) is 31.2 Å². The molecule has 7 heteroatoms. The Morgan fingerprint density at radius 1 is 1.03 bits per heavy atom. The number of carbonyl (C=O) groups is 3. The van der Waals surface area contributed by atoms with Gasteiger partial charge in [-0.2, -0.15) is 0 Å². The molecule has 0 saturated carbocycles. The number of carboxylic acid groups (broad SMARTS) is 1. The van der Waals surface area contributed by atoms with Crippen LogP contribution in [0.4, 0.5) is 4.79 Å². The summed E-state index contributed by atoms with van der Waals surface area (Å²) in [5.41, 5.74) is 4.73. The molecule has 2 N–H and O–H groups in total. The van der Waals surface area contributed by atoms with Gasteiger partial charge in [-0.15, -0.1) is 0 Å². The summed E-state index contributed by atoms with van der Waals surface area (Å²) >= 11 is 0. The molecule has 7 nitrogen and oxygen atoms in total. The Hall–Kier alpha value is -3.35. The molecule has 2 amide bonds. The number of fused-ring (bicyclic) bond motifs is 3. The zero-order chi connectivity index (χ0) is 23.8. The fourth-order valence-corrected chi connectivity index (χ4v) is 4.28. The van der Waals surface area contributed by atoms with Gasteiger partial charge in [-0.3, -0.25) is 9.59 Å². The number of hydrogen-bond acceptors (Lipinski definition) is 4. The van der Waals surface area contributed by atoms with Crippen LogP contribution in [-0.2, 0) is 14.3 Å². The molecule has 0 aromatic heterocycles. The Balaban J connectivity index is 1.40. The molecule has 2 aromatic rings. The van der Waals surface area contributed by atoms with Crippen molar-refractivity contribution in [2.75, 3.05) is 26.2 Å². The maximum atomic E-state index is 12.3. The van der Waals surface area contributed by atoms with Crippen LogP contribution in [0.25, 0.3) is 11.1 Å². The molecule has 3 rings (SSSR count). The van der Waals surface area contributed by atoms with Crippen molar-refractivity contribution >= 4 is 18.0 Å². The Bertz CT molecular complexity index is 945. The third-order valence-corrected chi connectivity index (χ3v) is 6.16. The van der Waals surface area contributed by atoms with E-state index in [-0.39, 0.29) is 30.9 Å². The maximum absolute atomic E-state index is 12.3. The van der Waals surface area contributed by atoms with Gasteiger partial charge in [0.2, 0.25) is 5.91 Å². The summed E-state index contributed by atoms with van der Waals surface area (Å²) in [6.45, 7) is 4.62. The van der Waals surface area contributed by atoms with Crippen molar-refractivity contribution in [2.45, 2.75) is 39.0 Å². The van der Waals surface area contributed by atoms with Gasteiger partial charge in [0.05, 0.1) is 0 Å². The first-order valence-electron chi connectivity index (χ1n) is 11.5. The van der Waals surface area contributed by atoms with Gasteiger partial charge in [-0.05, 0) is 47.9 Å². The molecule has 1 atom stereocenters. The summed E-state index contributed by atoms with van der Waals surface area (Å²) < 4.78 is 5.54. The second-order valence-electron chi connectivity index (χ2n) is 8.49. The molecule has 1 unspecified atom stereocenters. The minimum absolute atomic E-state index is 0.0281. The smallest absolute Gasteiger partial charge is 0.407 e. The quantitative estimate of drug-likeness (QED) is 0.531. The number of alkyl carbamates (subject to hydrolysis) is 1. The molecule has 176 valence electrons. The van der Waals surface area contributed by atoms with Crippen LogP contribution < -0.4 is 5.32 Å². The van der Waals surface area contributed by atoms with Gasteiger partial charge in [-0.25, -0.2) is 4.79 Å². The molecule has 0 radical (unpaired) electrons. The number of likely N-dealkylation sites (N-methyl/N-ethyl adjacent to an activating group) is 1. The fourth-order valence-electron chi connectivity index (χ4n) is 4.28. The Kier molecular flexibility index (Phi) is 8.46. The third kappa shape index (κ3) is 6.34. The average Bonchev–Trinajstić information content (AvgIpc) is 3.13. The first kappa shape index (κ1) is 24.3. The highest BCUT2D eigenvalue weighted by Gasteiger charge is 2.29. The number of amides is 2. The van der Waals surface area contributed by atoms with Crippen molar-refractivity contribution in [1.82, 2.24) is 10.2 Å².